The summed E-state index contributed by atoms with van der Waals surface area (Å²) in [4.78, 5) is 7.09. The van der Waals surface area contributed by atoms with Crippen LogP contribution in [0.1, 0.15) is 27.6 Å². The molecule has 4 heteroatoms. The van der Waals surface area contributed by atoms with Crippen LogP contribution in [-0.2, 0) is 6.42 Å². The zero-order chi connectivity index (χ0) is 13.1. The second-order valence-electron chi connectivity index (χ2n) is 4.86. The first kappa shape index (κ1) is 13.3. The van der Waals surface area contributed by atoms with Crippen LogP contribution in [-0.4, -0.2) is 31.1 Å². The van der Waals surface area contributed by atoms with Gasteiger partial charge in [-0.15, -0.1) is 22.7 Å². The highest BCUT2D eigenvalue weighted by molar-refractivity contribution is 7.13. The minimum atomic E-state index is 0.465. The molecule has 102 valence electrons. The molecule has 0 radical (unpaired) electrons. The fourth-order valence-electron chi connectivity index (χ4n) is 2.62. The number of nitrogens with one attached hydrogen (secondary N) is 1. The largest absolute Gasteiger partial charge is 0.314 e. The number of piperazine rings is 1. The van der Waals surface area contributed by atoms with E-state index in [2.05, 4.69) is 46.8 Å². The Morgan fingerprint density at radius 2 is 2.05 bits per heavy atom. The summed E-state index contributed by atoms with van der Waals surface area (Å²) in [6.07, 6.45) is 1.14. The Balaban J connectivity index is 1.91. The standard InChI is InChI=1S/C15H20N2S2/c1-2-12-5-6-14(19-12)15(13-4-3-11-18-13)17-9-7-16-8-10-17/h3-6,11,15-16H,2,7-10H2,1H3/t15-/m0/s1. The SMILES string of the molecule is CCc1ccc([C@H](c2cccs2)N2CCNCC2)s1. The van der Waals surface area contributed by atoms with Gasteiger partial charge in [-0.1, -0.05) is 13.0 Å². The van der Waals surface area contributed by atoms with E-state index >= 15 is 0 Å². The van der Waals surface area contributed by atoms with Crippen molar-refractivity contribution >= 4 is 22.7 Å². The van der Waals surface area contributed by atoms with Crippen molar-refractivity contribution in [2.24, 2.45) is 0 Å². The molecule has 1 fully saturated rings. The summed E-state index contributed by atoms with van der Waals surface area (Å²) in [5.41, 5.74) is 0. The summed E-state index contributed by atoms with van der Waals surface area (Å²) in [5, 5.41) is 5.64. The predicted molar refractivity (Wildman–Crippen MR) is 84.3 cm³/mol. The summed E-state index contributed by atoms with van der Waals surface area (Å²) >= 11 is 3.86. The van der Waals surface area contributed by atoms with Crippen molar-refractivity contribution in [1.29, 1.82) is 0 Å². The molecule has 1 N–H and O–H groups in total. The molecule has 0 aliphatic carbocycles. The van der Waals surface area contributed by atoms with Crippen molar-refractivity contribution in [2.45, 2.75) is 19.4 Å². The van der Waals surface area contributed by atoms with Gasteiger partial charge >= 0.3 is 0 Å². The molecule has 1 saturated heterocycles. The molecule has 3 rings (SSSR count). The average molecular weight is 292 g/mol. The molecule has 0 aromatic carbocycles. The third-order valence-corrected chi connectivity index (χ3v) is 5.84. The summed E-state index contributed by atoms with van der Waals surface area (Å²) < 4.78 is 0. The highest BCUT2D eigenvalue weighted by Crippen LogP contribution is 2.35. The van der Waals surface area contributed by atoms with Crippen molar-refractivity contribution in [3.05, 3.63) is 44.3 Å². The highest BCUT2D eigenvalue weighted by atomic mass is 32.1. The van der Waals surface area contributed by atoms with Gasteiger partial charge in [-0.25, -0.2) is 0 Å². The minimum Gasteiger partial charge on any atom is -0.314 e. The summed E-state index contributed by atoms with van der Waals surface area (Å²) in [6.45, 7) is 6.73. The monoisotopic (exact) mass is 292 g/mol. The summed E-state index contributed by atoms with van der Waals surface area (Å²) in [6, 6.07) is 9.54. The molecule has 0 spiro atoms. The zero-order valence-electron chi connectivity index (χ0n) is 11.3. The van der Waals surface area contributed by atoms with Gasteiger partial charge in [0.1, 0.15) is 0 Å². The number of aryl methyl sites for hydroxylation is 1. The first-order valence-corrected chi connectivity index (χ1v) is 8.65. The van der Waals surface area contributed by atoms with Crippen LogP contribution in [0.3, 0.4) is 0 Å². The van der Waals surface area contributed by atoms with E-state index in [1.165, 1.54) is 14.6 Å². The second kappa shape index (κ2) is 6.18. The Hall–Kier alpha value is -0.680. The minimum absolute atomic E-state index is 0.465. The third kappa shape index (κ3) is 2.92. The first-order valence-electron chi connectivity index (χ1n) is 6.95. The van der Waals surface area contributed by atoms with Crippen LogP contribution < -0.4 is 5.32 Å². The van der Waals surface area contributed by atoms with Crippen LogP contribution in [0.15, 0.2) is 29.6 Å². The number of hydrogen-bond donors (Lipinski definition) is 1. The molecular formula is C15H20N2S2. The lowest BCUT2D eigenvalue weighted by molar-refractivity contribution is 0.203. The Kier molecular flexibility index (Phi) is 4.33. The normalized spacial score (nSPS) is 18.6. The molecule has 1 aliphatic heterocycles. The van der Waals surface area contributed by atoms with E-state index in [4.69, 9.17) is 0 Å². The van der Waals surface area contributed by atoms with Gasteiger partial charge in [0.15, 0.2) is 0 Å². The van der Waals surface area contributed by atoms with E-state index in [0.29, 0.717) is 6.04 Å². The molecule has 19 heavy (non-hydrogen) atoms. The topological polar surface area (TPSA) is 15.3 Å². The van der Waals surface area contributed by atoms with Gasteiger partial charge in [0, 0.05) is 40.8 Å². The van der Waals surface area contributed by atoms with E-state index in [1.54, 1.807) is 0 Å². The molecule has 2 aromatic rings. The molecule has 3 heterocycles. The molecule has 0 saturated carbocycles. The smallest absolute Gasteiger partial charge is 0.0790 e. The lowest BCUT2D eigenvalue weighted by Crippen LogP contribution is -2.45. The number of nitrogens with zero attached hydrogens (tertiary/aromatic N) is 1. The Morgan fingerprint density at radius 3 is 2.68 bits per heavy atom. The van der Waals surface area contributed by atoms with Gasteiger partial charge in [-0.3, -0.25) is 4.90 Å². The zero-order valence-corrected chi connectivity index (χ0v) is 12.9. The summed E-state index contributed by atoms with van der Waals surface area (Å²) in [5.74, 6) is 0. The predicted octanol–water partition coefficient (Wildman–Crippen LogP) is 3.37. The number of thiophene rings is 2. The van der Waals surface area contributed by atoms with E-state index < -0.39 is 0 Å². The molecular weight excluding hydrogens is 272 g/mol. The highest BCUT2D eigenvalue weighted by Gasteiger charge is 2.25. The first-order chi connectivity index (χ1) is 9.38. The fourth-order valence-corrected chi connectivity index (χ4v) is 4.68. The number of rotatable bonds is 4. The third-order valence-electron chi connectivity index (χ3n) is 3.63. The van der Waals surface area contributed by atoms with E-state index in [9.17, 15) is 0 Å². The van der Waals surface area contributed by atoms with Crippen LogP contribution in [0.25, 0.3) is 0 Å². The molecule has 2 aromatic heterocycles. The average Bonchev–Trinajstić information content (AvgIpc) is 3.12. The van der Waals surface area contributed by atoms with Crippen LogP contribution in [0.5, 0.6) is 0 Å². The van der Waals surface area contributed by atoms with E-state index in [0.717, 1.165) is 32.6 Å². The van der Waals surface area contributed by atoms with Crippen LogP contribution in [0.2, 0.25) is 0 Å². The van der Waals surface area contributed by atoms with Gasteiger partial charge in [-0.05, 0) is 30.0 Å². The quantitative estimate of drug-likeness (QED) is 0.929. The van der Waals surface area contributed by atoms with E-state index in [1.807, 2.05) is 22.7 Å². The second-order valence-corrected chi connectivity index (χ2v) is 7.04. The van der Waals surface area contributed by atoms with E-state index in [-0.39, 0.29) is 0 Å². The Labute approximate surface area is 123 Å². The van der Waals surface area contributed by atoms with Crippen molar-refractivity contribution < 1.29 is 0 Å². The van der Waals surface area contributed by atoms with Crippen molar-refractivity contribution in [3.63, 3.8) is 0 Å². The maximum atomic E-state index is 3.45. The number of hydrogen-bond acceptors (Lipinski definition) is 4. The lowest BCUT2D eigenvalue weighted by atomic mass is 10.1. The van der Waals surface area contributed by atoms with Gasteiger partial charge in [0.05, 0.1) is 6.04 Å². The molecule has 1 aliphatic rings. The lowest BCUT2D eigenvalue weighted by Gasteiger charge is -2.34. The van der Waals surface area contributed by atoms with Crippen molar-refractivity contribution in [2.75, 3.05) is 26.2 Å². The van der Waals surface area contributed by atoms with Crippen LogP contribution in [0.4, 0.5) is 0 Å². The fraction of sp³-hybridized carbons (Fsp3) is 0.467. The van der Waals surface area contributed by atoms with Crippen molar-refractivity contribution in [1.82, 2.24) is 10.2 Å². The maximum absolute atomic E-state index is 3.45. The van der Waals surface area contributed by atoms with Crippen LogP contribution >= 0.6 is 22.7 Å². The Morgan fingerprint density at radius 1 is 1.21 bits per heavy atom. The Bertz CT molecular complexity index is 498. The molecule has 0 amide bonds. The van der Waals surface area contributed by atoms with Gasteiger partial charge in [0.2, 0.25) is 0 Å². The molecule has 0 unspecified atom stereocenters. The van der Waals surface area contributed by atoms with Gasteiger partial charge in [0.25, 0.3) is 0 Å². The van der Waals surface area contributed by atoms with Gasteiger partial charge < -0.3 is 5.32 Å². The van der Waals surface area contributed by atoms with Gasteiger partial charge in [-0.2, -0.15) is 0 Å². The molecule has 2 nitrogen and oxygen atoms in total. The molecule has 1 atom stereocenters. The maximum Gasteiger partial charge on any atom is 0.0790 e. The summed E-state index contributed by atoms with van der Waals surface area (Å²) in [7, 11) is 0. The van der Waals surface area contributed by atoms with Crippen LogP contribution in [0, 0.1) is 0 Å². The molecule has 0 bridgehead atoms. The van der Waals surface area contributed by atoms with Crippen molar-refractivity contribution in [3.8, 4) is 0 Å².